The Morgan fingerprint density at radius 3 is 2.53 bits per heavy atom. The summed E-state index contributed by atoms with van der Waals surface area (Å²) in [5.74, 6) is 0.846. The maximum absolute atomic E-state index is 12.2. The van der Waals surface area contributed by atoms with Crippen LogP contribution in [0.15, 0.2) is 23.2 Å². The topological polar surface area (TPSA) is 85.8 Å². The first-order valence-corrected chi connectivity index (χ1v) is 10.6. The SMILES string of the molecule is CCNC(=NCCc1ccc(C)cc1C)N1CCC(C2(C)NC(=O)NC2=O)CC1.I. The smallest absolute Gasteiger partial charge is 0.322 e. The number of halogens is 1. The number of urea groups is 1. The van der Waals surface area contributed by atoms with Gasteiger partial charge in [0, 0.05) is 26.2 Å². The normalized spacial score (nSPS) is 22.4. The van der Waals surface area contributed by atoms with Crippen molar-refractivity contribution in [2.24, 2.45) is 10.9 Å². The number of likely N-dealkylation sites (tertiary alicyclic amines) is 1. The second-order valence-electron chi connectivity index (χ2n) is 8.29. The minimum atomic E-state index is -0.804. The Kier molecular flexibility index (Phi) is 8.52. The largest absolute Gasteiger partial charge is 0.357 e. The van der Waals surface area contributed by atoms with E-state index in [1.807, 2.05) is 6.92 Å². The Balaban J connectivity index is 0.00000320. The molecule has 0 aromatic heterocycles. The van der Waals surface area contributed by atoms with Gasteiger partial charge in [0.25, 0.3) is 5.91 Å². The average Bonchev–Trinajstić information content (AvgIpc) is 2.95. The van der Waals surface area contributed by atoms with Crippen molar-refractivity contribution in [3.63, 3.8) is 0 Å². The predicted octanol–water partition coefficient (Wildman–Crippen LogP) is 2.74. The van der Waals surface area contributed by atoms with Crippen molar-refractivity contribution in [1.29, 1.82) is 0 Å². The molecule has 2 aliphatic rings. The zero-order chi connectivity index (χ0) is 21.0. The minimum absolute atomic E-state index is 0. The predicted molar refractivity (Wildman–Crippen MR) is 130 cm³/mol. The number of nitrogens with one attached hydrogen (secondary N) is 3. The number of amides is 3. The molecule has 1 aromatic rings. The van der Waals surface area contributed by atoms with Crippen molar-refractivity contribution >= 4 is 41.9 Å². The lowest BCUT2D eigenvalue weighted by atomic mass is 9.79. The van der Waals surface area contributed by atoms with Gasteiger partial charge in [-0.3, -0.25) is 15.1 Å². The standard InChI is InChI=1S/C22H33N5O2.HI/c1-5-23-20(24-11-8-17-7-6-15(2)14-16(17)3)27-12-9-18(10-13-27)22(4)19(28)25-21(29)26-22;/h6-7,14,18H,5,8-13H2,1-4H3,(H,23,24)(H2,25,26,28,29);1H. The van der Waals surface area contributed by atoms with E-state index in [-0.39, 0.29) is 41.8 Å². The van der Waals surface area contributed by atoms with Crippen LogP contribution in [0, 0.1) is 19.8 Å². The molecule has 0 aliphatic carbocycles. The van der Waals surface area contributed by atoms with Crippen LogP contribution in [0.3, 0.4) is 0 Å². The maximum Gasteiger partial charge on any atom is 0.322 e. The van der Waals surface area contributed by atoms with Crippen LogP contribution in [0.4, 0.5) is 4.79 Å². The molecular formula is C22H34IN5O2. The molecule has 0 radical (unpaired) electrons. The summed E-state index contributed by atoms with van der Waals surface area (Å²) in [5, 5.41) is 8.59. The monoisotopic (exact) mass is 527 g/mol. The number of guanidine groups is 1. The number of carbonyl (C=O) groups excluding carboxylic acids is 2. The number of aryl methyl sites for hydroxylation is 2. The molecule has 1 atom stereocenters. The molecule has 8 heteroatoms. The Bertz CT molecular complexity index is 805. The first-order chi connectivity index (χ1) is 13.8. The summed E-state index contributed by atoms with van der Waals surface area (Å²) in [6, 6.07) is 6.18. The van der Waals surface area contributed by atoms with Gasteiger partial charge in [-0.2, -0.15) is 0 Å². The van der Waals surface area contributed by atoms with Crippen LogP contribution in [0.25, 0.3) is 0 Å². The lowest BCUT2D eigenvalue weighted by molar-refractivity contribution is -0.125. The summed E-state index contributed by atoms with van der Waals surface area (Å²) in [6.45, 7) is 11.4. The number of piperidine rings is 1. The highest BCUT2D eigenvalue weighted by Gasteiger charge is 2.48. The molecule has 0 saturated carbocycles. The fourth-order valence-corrected chi connectivity index (χ4v) is 4.35. The lowest BCUT2D eigenvalue weighted by Crippen LogP contribution is -2.55. The minimum Gasteiger partial charge on any atom is -0.357 e. The fraction of sp³-hybridized carbons (Fsp3) is 0.591. The van der Waals surface area contributed by atoms with Crippen molar-refractivity contribution in [3.05, 3.63) is 34.9 Å². The summed E-state index contributed by atoms with van der Waals surface area (Å²) >= 11 is 0. The third kappa shape index (κ3) is 5.44. The van der Waals surface area contributed by atoms with E-state index >= 15 is 0 Å². The fourth-order valence-electron chi connectivity index (χ4n) is 4.35. The number of benzene rings is 1. The first-order valence-electron chi connectivity index (χ1n) is 10.6. The number of nitrogens with zero attached hydrogens (tertiary/aromatic N) is 2. The Hall–Kier alpha value is -1.84. The van der Waals surface area contributed by atoms with Gasteiger partial charge in [0.2, 0.25) is 0 Å². The number of rotatable bonds is 5. The molecule has 2 fully saturated rings. The Morgan fingerprint density at radius 1 is 1.27 bits per heavy atom. The van der Waals surface area contributed by atoms with Gasteiger partial charge in [-0.15, -0.1) is 24.0 Å². The number of imide groups is 1. The van der Waals surface area contributed by atoms with E-state index in [1.165, 1.54) is 16.7 Å². The molecule has 166 valence electrons. The average molecular weight is 527 g/mol. The zero-order valence-corrected chi connectivity index (χ0v) is 20.7. The van der Waals surface area contributed by atoms with Crippen molar-refractivity contribution in [3.8, 4) is 0 Å². The van der Waals surface area contributed by atoms with Gasteiger partial charge in [0.1, 0.15) is 5.54 Å². The maximum atomic E-state index is 12.2. The number of carbonyl (C=O) groups is 2. The molecular weight excluding hydrogens is 493 g/mol. The number of aliphatic imine (C=N–C) groups is 1. The van der Waals surface area contributed by atoms with Crippen LogP contribution < -0.4 is 16.0 Å². The van der Waals surface area contributed by atoms with Gasteiger partial charge >= 0.3 is 6.03 Å². The number of hydrogen-bond acceptors (Lipinski definition) is 3. The molecule has 7 nitrogen and oxygen atoms in total. The summed E-state index contributed by atoms with van der Waals surface area (Å²) in [5.41, 5.74) is 3.13. The molecule has 2 heterocycles. The summed E-state index contributed by atoms with van der Waals surface area (Å²) in [6.07, 6.45) is 2.60. The van der Waals surface area contributed by atoms with E-state index in [1.54, 1.807) is 0 Å². The Labute approximate surface area is 196 Å². The molecule has 2 saturated heterocycles. The molecule has 1 aromatic carbocycles. The number of hydrogen-bond donors (Lipinski definition) is 3. The van der Waals surface area contributed by atoms with Crippen LogP contribution >= 0.6 is 24.0 Å². The van der Waals surface area contributed by atoms with Crippen LogP contribution in [0.1, 0.15) is 43.4 Å². The zero-order valence-electron chi connectivity index (χ0n) is 18.4. The van der Waals surface area contributed by atoms with Gasteiger partial charge < -0.3 is 15.5 Å². The second-order valence-corrected chi connectivity index (χ2v) is 8.29. The quantitative estimate of drug-likeness (QED) is 0.238. The van der Waals surface area contributed by atoms with Crippen molar-refractivity contribution in [1.82, 2.24) is 20.9 Å². The lowest BCUT2D eigenvalue weighted by Gasteiger charge is -2.39. The molecule has 1 unspecified atom stereocenters. The molecule has 0 bridgehead atoms. The van der Waals surface area contributed by atoms with Crippen LogP contribution in [0.2, 0.25) is 0 Å². The van der Waals surface area contributed by atoms with Crippen LogP contribution in [-0.4, -0.2) is 54.5 Å². The van der Waals surface area contributed by atoms with E-state index < -0.39 is 5.54 Å². The molecule has 3 N–H and O–H groups in total. The van der Waals surface area contributed by atoms with Gasteiger partial charge in [0.05, 0.1) is 0 Å². The highest BCUT2D eigenvalue weighted by Crippen LogP contribution is 2.30. The van der Waals surface area contributed by atoms with E-state index in [2.05, 4.69) is 59.8 Å². The highest BCUT2D eigenvalue weighted by atomic mass is 127. The van der Waals surface area contributed by atoms with Crippen LogP contribution in [0.5, 0.6) is 0 Å². The molecule has 30 heavy (non-hydrogen) atoms. The second kappa shape index (κ2) is 10.5. The van der Waals surface area contributed by atoms with E-state index in [0.29, 0.717) is 0 Å². The summed E-state index contributed by atoms with van der Waals surface area (Å²) in [4.78, 5) is 30.9. The molecule has 0 spiro atoms. The van der Waals surface area contributed by atoms with Crippen LogP contribution in [-0.2, 0) is 11.2 Å². The van der Waals surface area contributed by atoms with E-state index in [0.717, 1.165) is 51.4 Å². The van der Waals surface area contributed by atoms with Crippen molar-refractivity contribution in [2.45, 2.75) is 52.5 Å². The van der Waals surface area contributed by atoms with Gasteiger partial charge in [-0.1, -0.05) is 23.8 Å². The van der Waals surface area contributed by atoms with E-state index in [4.69, 9.17) is 4.99 Å². The molecule has 3 amide bonds. The first kappa shape index (κ1) is 24.4. The van der Waals surface area contributed by atoms with Gasteiger partial charge in [0.15, 0.2) is 5.96 Å². The third-order valence-corrected chi connectivity index (χ3v) is 6.16. The third-order valence-electron chi connectivity index (χ3n) is 6.16. The van der Waals surface area contributed by atoms with Crippen molar-refractivity contribution < 1.29 is 9.59 Å². The summed E-state index contributed by atoms with van der Waals surface area (Å²) < 4.78 is 0. The van der Waals surface area contributed by atoms with Gasteiger partial charge in [-0.05, 0) is 64.0 Å². The molecule has 2 aliphatic heterocycles. The van der Waals surface area contributed by atoms with Gasteiger partial charge in [-0.25, -0.2) is 4.79 Å². The van der Waals surface area contributed by atoms with E-state index in [9.17, 15) is 9.59 Å². The Morgan fingerprint density at radius 2 is 1.97 bits per heavy atom. The highest BCUT2D eigenvalue weighted by molar-refractivity contribution is 14.0. The summed E-state index contributed by atoms with van der Waals surface area (Å²) in [7, 11) is 0. The molecule has 3 rings (SSSR count). The van der Waals surface area contributed by atoms with Crippen molar-refractivity contribution in [2.75, 3.05) is 26.2 Å².